The first-order valence-corrected chi connectivity index (χ1v) is 11.3. The number of nitrogens with zero attached hydrogens (tertiary/aromatic N) is 4. The van der Waals surface area contributed by atoms with Gasteiger partial charge in [-0.3, -0.25) is 4.79 Å². The fourth-order valence-electron chi connectivity index (χ4n) is 3.27. The third kappa shape index (κ3) is 3.97. The number of hydrogen-bond acceptors (Lipinski definition) is 7. The molecule has 0 saturated heterocycles. The highest BCUT2D eigenvalue weighted by Gasteiger charge is 2.22. The molecule has 3 aromatic heterocycles. The van der Waals surface area contributed by atoms with Crippen LogP contribution in [0.15, 0.2) is 75.7 Å². The van der Waals surface area contributed by atoms with E-state index in [0.29, 0.717) is 22.8 Å². The molecule has 0 spiro atoms. The molecule has 0 radical (unpaired) electrons. The van der Waals surface area contributed by atoms with Crippen LogP contribution in [0.25, 0.3) is 16.7 Å². The molecule has 0 atom stereocenters. The summed E-state index contributed by atoms with van der Waals surface area (Å²) < 4.78 is 8.55. The minimum absolute atomic E-state index is 0.296. The Labute approximate surface area is 186 Å². The Morgan fingerprint density at radius 1 is 1.13 bits per heavy atom. The number of aromatic nitrogens is 4. The number of benzene rings is 2. The molecule has 0 fully saturated rings. The minimum atomic E-state index is -0.306. The number of furan rings is 1. The van der Waals surface area contributed by atoms with Gasteiger partial charge in [0.05, 0.1) is 11.4 Å². The lowest BCUT2D eigenvalue weighted by molar-refractivity contribution is 0.0998. The van der Waals surface area contributed by atoms with Crippen molar-refractivity contribution in [2.75, 3.05) is 5.32 Å². The lowest BCUT2D eigenvalue weighted by Gasteiger charge is -2.10. The molecule has 1 N–H and O–H groups in total. The van der Waals surface area contributed by atoms with Gasteiger partial charge >= 0.3 is 0 Å². The zero-order chi connectivity index (χ0) is 21.2. The van der Waals surface area contributed by atoms with Crippen LogP contribution in [0, 0.1) is 6.92 Å². The average Bonchev–Trinajstić information content (AvgIpc) is 3.53. The van der Waals surface area contributed by atoms with Gasteiger partial charge in [-0.15, -0.1) is 10.2 Å². The van der Waals surface area contributed by atoms with Gasteiger partial charge in [0.15, 0.2) is 10.1 Å². The quantitative estimate of drug-likeness (QED) is 0.355. The number of nitrogens with one attached hydrogen (secondary N) is 1. The molecule has 5 aromatic rings. The van der Waals surface area contributed by atoms with Crippen molar-refractivity contribution in [1.29, 1.82) is 0 Å². The van der Waals surface area contributed by atoms with Crippen molar-refractivity contribution in [2.24, 2.45) is 0 Å². The fraction of sp³-hybridized carbons (Fsp3) is 0.0909. The molecule has 0 unspecified atom stereocenters. The Morgan fingerprint density at radius 3 is 2.77 bits per heavy atom. The molecule has 7 nitrogen and oxygen atoms in total. The largest absolute Gasteiger partial charge is 0.451 e. The van der Waals surface area contributed by atoms with Crippen molar-refractivity contribution in [1.82, 2.24) is 20.0 Å². The minimum Gasteiger partial charge on any atom is -0.451 e. The number of carbonyl (C=O) groups excluding carboxylic acids is 1. The Balaban J connectivity index is 1.48. The topological polar surface area (TPSA) is 85.8 Å². The van der Waals surface area contributed by atoms with Crippen LogP contribution >= 0.6 is 23.1 Å². The van der Waals surface area contributed by atoms with Gasteiger partial charge in [-0.2, -0.15) is 5.10 Å². The predicted octanol–water partition coefficient (Wildman–Crippen LogP) is 5.32. The molecule has 1 amide bonds. The van der Waals surface area contributed by atoms with E-state index in [2.05, 4.69) is 20.6 Å². The standard InChI is InChI=1S/C22H17N5O2S2/c1-14-25-26-22(31-14)30-13-16-15-7-2-5-10-19(15)29-20(16)21(28)24-17-8-3-4-9-18(17)27-12-6-11-23-27/h2-12H,13H2,1H3,(H,24,28). The lowest BCUT2D eigenvalue weighted by Crippen LogP contribution is -2.14. The Morgan fingerprint density at radius 2 is 1.97 bits per heavy atom. The van der Waals surface area contributed by atoms with Crippen LogP contribution in [-0.4, -0.2) is 25.9 Å². The van der Waals surface area contributed by atoms with Crippen molar-refractivity contribution in [3.05, 3.63) is 83.3 Å². The number of anilines is 1. The normalized spacial score (nSPS) is 11.1. The third-order valence-electron chi connectivity index (χ3n) is 4.66. The molecule has 9 heteroatoms. The zero-order valence-corrected chi connectivity index (χ0v) is 18.1. The maximum atomic E-state index is 13.3. The van der Waals surface area contributed by atoms with E-state index in [0.717, 1.165) is 26.0 Å². The molecule has 2 aromatic carbocycles. The maximum Gasteiger partial charge on any atom is 0.291 e. The van der Waals surface area contributed by atoms with Gasteiger partial charge in [0.25, 0.3) is 5.91 Å². The van der Waals surface area contributed by atoms with Crippen LogP contribution in [0.2, 0.25) is 0 Å². The van der Waals surface area contributed by atoms with E-state index in [9.17, 15) is 4.79 Å². The SMILES string of the molecule is Cc1nnc(SCc2c(C(=O)Nc3ccccc3-n3cccn3)oc3ccccc23)s1. The summed E-state index contributed by atoms with van der Waals surface area (Å²) >= 11 is 3.08. The van der Waals surface area contributed by atoms with Gasteiger partial charge in [-0.25, -0.2) is 4.68 Å². The van der Waals surface area contributed by atoms with Crippen LogP contribution in [-0.2, 0) is 5.75 Å². The molecular weight excluding hydrogens is 430 g/mol. The zero-order valence-electron chi connectivity index (χ0n) is 16.5. The highest BCUT2D eigenvalue weighted by atomic mass is 32.2. The summed E-state index contributed by atoms with van der Waals surface area (Å²) in [4.78, 5) is 13.3. The van der Waals surface area contributed by atoms with E-state index in [-0.39, 0.29) is 5.91 Å². The molecule has 31 heavy (non-hydrogen) atoms. The highest BCUT2D eigenvalue weighted by Crippen LogP contribution is 2.33. The van der Waals surface area contributed by atoms with E-state index in [4.69, 9.17) is 4.42 Å². The molecule has 0 saturated carbocycles. The van der Waals surface area contributed by atoms with Crippen molar-refractivity contribution in [3.8, 4) is 5.69 Å². The van der Waals surface area contributed by atoms with Gasteiger partial charge in [0.2, 0.25) is 0 Å². The van der Waals surface area contributed by atoms with Crippen LogP contribution in [0.4, 0.5) is 5.69 Å². The van der Waals surface area contributed by atoms with Crippen LogP contribution < -0.4 is 5.32 Å². The van der Waals surface area contributed by atoms with Gasteiger partial charge < -0.3 is 9.73 Å². The molecular formula is C22H17N5O2S2. The van der Waals surface area contributed by atoms with Crippen molar-refractivity contribution in [2.45, 2.75) is 17.0 Å². The first kappa shape index (κ1) is 19.5. The summed E-state index contributed by atoms with van der Waals surface area (Å²) in [7, 11) is 0. The van der Waals surface area contributed by atoms with E-state index < -0.39 is 0 Å². The number of fused-ring (bicyclic) bond motifs is 1. The number of para-hydroxylation sites is 3. The third-order valence-corrected chi connectivity index (χ3v) is 6.65. The average molecular weight is 448 g/mol. The summed E-state index contributed by atoms with van der Waals surface area (Å²) in [6.45, 7) is 1.92. The van der Waals surface area contributed by atoms with E-state index in [1.54, 1.807) is 22.6 Å². The summed E-state index contributed by atoms with van der Waals surface area (Å²) in [6, 6.07) is 17.0. The molecule has 5 rings (SSSR count). The van der Waals surface area contributed by atoms with Crippen molar-refractivity contribution in [3.63, 3.8) is 0 Å². The molecule has 0 aliphatic heterocycles. The predicted molar refractivity (Wildman–Crippen MR) is 122 cm³/mol. The number of rotatable bonds is 6. The van der Waals surface area contributed by atoms with Crippen LogP contribution in [0.1, 0.15) is 21.1 Å². The van der Waals surface area contributed by atoms with Crippen LogP contribution in [0.5, 0.6) is 0 Å². The summed E-state index contributed by atoms with van der Waals surface area (Å²) in [5.41, 5.74) is 2.94. The highest BCUT2D eigenvalue weighted by molar-refractivity contribution is 8.00. The lowest BCUT2D eigenvalue weighted by atomic mass is 10.1. The number of hydrogen-bond donors (Lipinski definition) is 1. The van der Waals surface area contributed by atoms with Gasteiger partial charge in [-0.05, 0) is 31.2 Å². The second-order valence-corrected chi connectivity index (χ2v) is 9.11. The second kappa shape index (κ2) is 8.37. The second-order valence-electron chi connectivity index (χ2n) is 6.70. The van der Waals surface area contributed by atoms with Gasteiger partial charge in [-0.1, -0.05) is 53.4 Å². The van der Waals surface area contributed by atoms with E-state index in [1.165, 1.54) is 11.3 Å². The van der Waals surface area contributed by atoms with Gasteiger partial charge in [0.1, 0.15) is 10.6 Å². The fourth-order valence-corrected chi connectivity index (χ4v) is 5.11. The number of carbonyl (C=O) groups is 1. The van der Waals surface area contributed by atoms with E-state index in [1.807, 2.05) is 67.7 Å². The molecule has 0 aliphatic carbocycles. The molecule has 154 valence electrons. The first-order chi connectivity index (χ1) is 15.2. The first-order valence-electron chi connectivity index (χ1n) is 9.53. The van der Waals surface area contributed by atoms with E-state index >= 15 is 0 Å². The molecule has 0 bridgehead atoms. The van der Waals surface area contributed by atoms with Crippen molar-refractivity contribution < 1.29 is 9.21 Å². The summed E-state index contributed by atoms with van der Waals surface area (Å²) in [5.74, 6) is 0.542. The van der Waals surface area contributed by atoms with Crippen LogP contribution in [0.3, 0.4) is 0 Å². The summed E-state index contributed by atoms with van der Waals surface area (Å²) in [5, 5.41) is 17.3. The van der Waals surface area contributed by atoms with Crippen molar-refractivity contribution >= 4 is 45.7 Å². The molecule has 0 aliphatic rings. The van der Waals surface area contributed by atoms with Gasteiger partial charge in [0, 0.05) is 29.1 Å². The smallest absolute Gasteiger partial charge is 0.291 e. The number of amides is 1. The monoisotopic (exact) mass is 447 g/mol. The Bertz CT molecular complexity index is 1360. The number of thioether (sulfide) groups is 1. The summed E-state index contributed by atoms with van der Waals surface area (Å²) in [6.07, 6.45) is 3.53. The molecule has 3 heterocycles. The Hall–Kier alpha value is -3.43. The maximum absolute atomic E-state index is 13.3. The Kier molecular flexibility index (Phi) is 5.27. The number of aryl methyl sites for hydroxylation is 1.